The van der Waals surface area contributed by atoms with Crippen molar-refractivity contribution in [2.24, 2.45) is 5.73 Å². The third kappa shape index (κ3) is 1.42. The van der Waals surface area contributed by atoms with Gasteiger partial charge in [-0.25, -0.2) is 9.59 Å². The fourth-order valence-corrected chi connectivity index (χ4v) is 1.83. The van der Waals surface area contributed by atoms with Gasteiger partial charge in [-0.2, -0.15) is 0 Å². The molecule has 1 unspecified atom stereocenters. The van der Waals surface area contributed by atoms with Gasteiger partial charge in [0.05, 0.1) is 0 Å². The van der Waals surface area contributed by atoms with Crippen LogP contribution in [0.1, 0.15) is 5.56 Å². The molecule has 6 heteroatoms. The first-order valence-corrected chi connectivity index (χ1v) is 4.96. The first-order chi connectivity index (χ1) is 8.00. The zero-order chi connectivity index (χ0) is 12.6. The van der Waals surface area contributed by atoms with Gasteiger partial charge in [0.2, 0.25) is 0 Å². The van der Waals surface area contributed by atoms with Crippen molar-refractivity contribution in [3.05, 3.63) is 35.9 Å². The molecule has 3 N–H and O–H groups in total. The molecule has 1 aliphatic rings. The number of amides is 4. The number of imide groups is 1. The molecule has 0 aromatic heterocycles. The van der Waals surface area contributed by atoms with Crippen LogP contribution < -0.4 is 16.0 Å². The second kappa shape index (κ2) is 3.67. The summed E-state index contributed by atoms with van der Waals surface area (Å²) in [7, 11) is 1.30. The fraction of sp³-hybridized carbons (Fsp3) is 0.182. The number of carbonyl (C=O) groups is 3. The smallest absolute Gasteiger partial charge is 0.367 e. The molecular weight excluding hydrogens is 222 g/mol. The summed E-state index contributed by atoms with van der Waals surface area (Å²) in [5.41, 5.74) is 3.85. The molecule has 1 radical (unpaired) electrons. The van der Waals surface area contributed by atoms with Crippen LogP contribution in [0.15, 0.2) is 30.3 Å². The summed E-state index contributed by atoms with van der Waals surface area (Å²) in [5.74, 6) is -1.56. The van der Waals surface area contributed by atoms with E-state index in [2.05, 4.69) is 5.32 Å². The molecule has 1 saturated heterocycles. The standard InChI is InChI=1S/C11H11N3O3/c1-14-9(16)11(8(12)15,13-10(14)17)7-5-3-2-4-6-7/h2-6H,1H3,(H2,12,15)(H,13,17)/q+1. The third-order valence-corrected chi connectivity index (χ3v) is 2.80. The molecule has 1 aromatic rings. The SMILES string of the molecule is C[N+]1C(=O)NC(C(N)=O)(c2ccccc2)C1=O. The average Bonchev–Trinajstić information content (AvgIpc) is 2.56. The van der Waals surface area contributed by atoms with Crippen LogP contribution in [0, 0.1) is 0 Å². The van der Waals surface area contributed by atoms with E-state index in [-0.39, 0.29) is 0 Å². The summed E-state index contributed by atoms with van der Waals surface area (Å²) < 4.78 is 0. The first-order valence-electron chi connectivity index (χ1n) is 4.96. The summed E-state index contributed by atoms with van der Waals surface area (Å²) in [6.07, 6.45) is 0. The van der Waals surface area contributed by atoms with Crippen LogP contribution in [0.3, 0.4) is 0 Å². The van der Waals surface area contributed by atoms with Gasteiger partial charge in [0.15, 0.2) is 0 Å². The van der Waals surface area contributed by atoms with Crippen LogP contribution >= 0.6 is 0 Å². The van der Waals surface area contributed by atoms with Crippen LogP contribution in [-0.4, -0.2) is 24.9 Å². The minimum atomic E-state index is -1.78. The Morgan fingerprint density at radius 2 is 1.88 bits per heavy atom. The highest BCUT2D eigenvalue weighted by Gasteiger charge is 2.64. The Bertz CT molecular complexity index is 500. The summed E-state index contributed by atoms with van der Waals surface area (Å²) in [6.45, 7) is 0. The van der Waals surface area contributed by atoms with Gasteiger partial charge in [0.1, 0.15) is 7.05 Å². The number of primary amides is 1. The van der Waals surface area contributed by atoms with E-state index in [0.29, 0.717) is 5.56 Å². The molecule has 4 amide bonds. The van der Waals surface area contributed by atoms with E-state index in [1.807, 2.05) is 0 Å². The van der Waals surface area contributed by atoms with Gasteiger partial charge in [-0.05, 0) is 4.90 Å². The number of hydrogen-bond acceptors (Lipinski definition) is 3. The van der Waals surface area contributed by atoms with Crippen LogP contribution in [-0.2, 0) is 15.1 Å². The van der Waals surface area contributed by atoms with Gasteiger partial charge < -0.3 is 5.73 Å². The van der Waals surface area contributed by atoms with Gasteiger partial charge in [-0.15, -0.1) is 0 Å². The summed E-state index contributed by atoms with van der Waals surface area (Å²) >= 11 is 0. The molecule has 1 aliphatic heterocycles. The number of nitrogens with one attached hydrogen (secondary N) is 1. The molecule has 0 saturated carbocycles. The maximum absolute atomic E-state index is 12.0. The highest BCUT2D eigenvalue weighted by atomic mass is 16.2. The number of carbonyl (C=O) groups excluding carboxylic acids is 3. The number of nitrogens with zero attached hydrogens (tertiary/aromatic N) is 1. The molecule has 0 aliphatic carbocycles. The van der Waals surface area contributed by atoms with E-state index in [1.165, 1.54) is 7.05 Å². The van der Waals surface area contributed by atoms with Crippen molar-refractivity contribution in [2.75, 3.05) is 7.05 Å². The monoisotopic (exact) mass is 233 g/mol. The predicted molar refractivity (Wildman–Crippen MR) is 58.9 cm³/mol. The molecule has 87 valence electrons. The number of urea groups is 1. The quantitative estimate of drug-likeness (QED) is 0.405. The van der Waals surface area contributed by atoms with Gasteiger partial charge in [-0.3, -0.25) is 10.1 Å². The van der Waals surface area contributed by atoms with E-state index in [4.69, 9.17) is 5.73 Å². The Balaban J connectivity index is 2.61. The van der Waals surface area contributed by atoms with Crippen LogP contribution in [0.5, 0.6) is 0 Å². The highest BCUT2D eigenvalue weighted by Crippen LogP contribution is 2.26. The van der Waals surface area contributed by atoms with Crippen LogP contribution in [0.4, 0.5) is 4.79 Å². The van der Waals surface area contributed by atoms with Crippen molar-refractivity contribution < 1.29 is 14.4 Å². The lowest BCUT2D eigenvalue weighted by Crippen LogP contribution is -2.54. The summed E-state index contributed by atoms with van der Waals surface area (Å²) in [5, 5.41) is 2.35. The second-order valence-corrected chi connectivity index (χ2v) is 3.77. The molecule has 2 rings (SSSR count). The van der Waals surface area contributed by atoms with Crippen molar-refractivity contribution in [1.29, 1.82) is 0 Å². The van der Waals surface area contributed by atoms with Crippen molar-refractivity contribution in [2.45, 2.75) is 5.54 Å². The Kier molecular flexibility index (Phi) is 2.44. The lowest BCUT2D eigenvalue weighted by Gasteiger charge is -2.18. The molecule has 1 aromatic carbocycles. The van der Waals surface area contributed by atoms with E-state index in [1.54, 1.807) is 30.3 Å². The molecule has 1 heterocycles. The van der Waals surface area contributed by atoms with Crippen molar-refractivity contribution in [1.82, 2.24) is 10.2 Å². The lowest BCUT2D eigenvalue weighted by molar-refractivity contribution is -0.136. The molecule has 0 spiro atoms. The minimum Gasteiger partial charge on any atom is -0.367 e. The van der Waals surface area contributed by atoms with Crippen LogP contribution in [0.25, 0.3) is 0 Å². The first kappa shape index (κ1) is 11.3. The number of benzene rings is 1. The predicted octanol–water partition coefficient (Wildman–Crippen LogP) is -0.613. The second-order valence-electron chi connectivity index (χ2n) is 3.77. The zero-order valence-electron chi connectivity index (χ0n) is 9.14. The lowest BCUT2D eigenvalue weighted by atomic mass is 9.89. The van der Waals surface area contributed by atoms with Crippen molar-refractivity contribution in [3.63, 3.8) is 0 Å². The van der Waals surface area contributed by atoms with E-state index in [9.17, 15) is 14.4 Å². The largest absolute Gasteiger partial charge is 0.474 e. The summed E-state index contributed by atoms with van der Waals surface area (Å²) in [6, 6.07) is 7.57. The van der Waals surface area contributed by atoms with Crippen molar-refractivity contribution in [3.8, 4) is 0 Å². The van der Waals surface area contributed by atoms with Crippen molar-refractivity contribution >= 4 is 17.8 Å². The van der Waals surface area contributed by atoms with Gasteiger partial charge in [0, 0.05) is 5.56 Å². The van der Waals surface area contributed by atoms with E-state index < -0.39 is 23.4 Å². The molecule has 6 nitrogen and oxygen atoms in total. The Morgan fingerprint density at radius 3 is 2.29 bits per heavy atom. The molecule has 17 heavy (non-hydrogen) atoms. The van der Waals surface area contributed by atoms with Crippen LogP contribution in [0.2, 0.25) is 0 Å². The zero-order valence-corrected chi connectivity index (χ0v) is 9.14. The Labute approximate surface area is 97.4 Å². The summed E-state index contributed by atoms with van der Waals surface area (Å²) in [4.78, 5) is 35.9. The fourth-order valence-electron chi connectivity index (χ4n) is 1.83. The van der Waals surface area contributed by atoms with Gasteiger partial charge >= 0.3 is 11.9 Å². The molecule has 0 bridgehead atoms. The van der Waals surface area contributed by atoms with Gasteiger partial charge in [0.25, 0.3) is 11.4 Å². The highest BCUT2D eigenvalue weighted by molar-refractivity contribution is 6.21. The maximum Gasteiger partial charge on any atom is 0.474 e. The Hall–Kier alpha value is -2.21. The molecular formula is C11H11N3O3+. The minimum absolute atomic E-state index is 0.357. The topological polar surface area (TPSA) is 95.2 Å². The molecule has 1 atom stereocenters. The normalized spacial score (nSPS) is 24.8. The molecule has 1 fully saturated rings. The number of hydrogen-bond donors (Lipinski definition) is 2. The third-order valence-electron chi connectivity index (χ3n) is 2.80. The number of nitrogens with two attached hydrogens (primary N) is 1. The number of rotatable bonds is 2. The number of likely N-dealkylation sites (N-methyl/N-ethyl adjacent to an activating group) is 1. The maximum atomic E-state index is 12.0. The van der Waals surface area contributed by atoms with E-state index >= 15 is 0 Å². The van der Waals surface area contributed by atoms with Gasteiger partial charge in [-0.1, -0.05) is 30.3 Å². The Morgan fingerprint density at radius 1 is 1.29 bits per heavy atom. The average molecular weight is 233 g/mol. The van der Waals surface area contributed by atoms with E-state index in [0.717, 1.165) is 4.90 Å².